The number of aliphatic hydroxyl groups excluding tert-OH is 1. The molecule has 0 radical (unpaired) electrons. The number of fused-ring (bicyclic) bond motifs is 2. The van der Waals surface area contributed by atoms with Gasteiger partial charge in [0.1, 0.15) is 5.60 Å². The second-order valence-electron chi connectivity index (χ2n) is 7.33. The van der Waals surface area contributed by atoms with Crippen molar-refractivity contribution in [2.24, 2.45) is 5.92 Å². The summed E-state index contributed by atoms with van der Waals surface area (Å²) in [7, 11) is 0. The van der Waals surface area contributed by atoms with Gasteiger partial charge in [-0.2, -0.15) is 0 Å². The summed E-state index contributed by atoms with van der Waals surface area (Å²) < 4.78 is 5.41. The first-order chi connectivity index (χ1) is 10.3. The van der Waals surface area contributed by atoms with Crippen LogP contribution < -0.4 is 0 Å². The maximum absolute atomic E-state index is 12.5. The molecule has 0 saturated carbocycles. The minimum Gasteiger partial charge on any atom is -0.515 e. The fraction of sp³-hybridized carbons (Fsp3) is 0.647. The highest BCUT2D eigenvalue weighted by Crippen LogP contribution is 2.49. The van der Waals surface area contributed by atoms with E-state index in [1.54, 1.807) is 20.8 Å². The normalized spacial score (nSPS) is 29.9. The molecule has 0 spiro atoms. The lowest BCUT2D eigenvalue weighted by Gasteiger charge is -2.29. The maximum Gasteiger partial charge on any atom is 0.417 e. The lowest BCUT2D eigenvalue weighted by atomic mass is 9.92. The number of carbonyl (C=O) groups is 2. The number of carbonyl (C=O) groups excluding carboxylic acids is 2. The standard InChI is InChI=1S/C17H23NO4/c1-17(2,3)22-16(21)18-14-11-7-5-4-6-10(11)8-12(14)13(9-19)15(18)20/h9,12,14,19H,4-8H2,1-3H3/b13-9-/t12-,14-/m1/s1. The third kappa shape index (κ3) is 2.32. The highest BCUT2D eigenvalue weighted by molar-refractivity contribution is 6.06. The van der Waals surface area contributed by atoms with E-state index in [1.165, 1.54) is 16.0 Å². The first kappa shape index (κ1) is 15.1. The van der Waals surface area contributed by atoms with Crippen molar-refractivity contribution in [3.63, 3.8) is 0 Å². The van der Waals surface area contributed by atoms with Gasteiger partial charge in [0.2, 0.25) is 0 Å². The second kappa shape index (κ2) is 5.14. The Hall–Kier alpha value is -1.78. The van der Waals surface area contributed by atoms with E-state index in [9.17, 15) is 14.7 Å². The molecule has 5 heteroatoms. The van der Waals surface area contributed by atoms with E-state index < -0.39 is 17.6 Å². The zero-order valence-corrected chi connectivity index (χ0v) is 13.4. The van der Waals surface area contributed by atoms with E-state index in [4.69, 9.17) is 4.74 Å². The van der Waals surface area contributed by atoms with E-state index in [0.29, 0.717) is 5.57 Å². The van der Waals surface area contributed by atoms with E-state index >= 15 is 0 Å². The minimum atomic E-state index is -0.652. The molecule has 2 aliphatic carbocycles. The summed E-state index contributed by atoms with van der Waals surface area (Å²) in [6, 6.07) is -0.254. The van der Waals surface area contributed by atoms with Crippen LogP contribution in [-0.4, -0.2) is 33.6 Å². The van der Waals surface area contributed by atoms with Crippen LogP contribution >= 0.6 is 0 Å². The lowest BCUT2D eigenvalue weighted by Crippen LogP contribution is -2.43. The molecule has 120 valence electrons. The second-order valence-corrected chi connectivity index (χ2v) is 7.33. The molecule has 1 saturated heterocycles. The average Bonchev–Trinajstić information content (AvgIpc) is 2.89. The van der Waals surface area contributed by atoms with Crippen LogP contribution in [0.1, 0.15) is 52.9 Å². The molecule has 1 heterocycles. The van der Waals surface area contributed by atoms with Crippen LogP contribution in [0.2, 0.25) is 0 Å². The van der Waals surface area contributed by atoms with E-state index in [1.807, 2.05) is 0 Å². The number of hydrogen-bond acceptors (Lipinski definition) is 4. The van der Waals surface area contributed by atoms with Gasteiger partial charge in [0, 0.05) is 5.92 Å². The quantitative estimate of drug-likeness (QED) is 0.423. The number of allylic oxidation sites excluding steroid dienone is 1. The van der Waals surface area contributed by atoms with Crippen LogP contribution in [0, 0.1) is 5.92 Å². The molecular formula is C17H23NO4. The van der Waals surface area contributed by atoms with Crippen LogP contribution in [-0.2, 0) is 9.53 Å². The Labute approximate surface area is 130 Å². The molecule has 2 atom stereocenters. The molecule has 3 rings (SSSR count). The highest BCUT2D eigenvalue weighted by Gasteiger charge is 2.53. The predicted molar refractivity (Wildman–Crippen MR) is 81.2 cm³/mol. The molecule has 1 fully saturated rings. The van der Waals surface area contributed by atoms with Crippen LogP contribution in [0.5, 0.6) is 0 Å². The Balaban J connectivity index is 1.96. The van der Waals surface area contributed by atoms with E-state index in [0.717, 1.165) is 38.4 Å². The zero-order valence-electron chi connectivity index (χ0n) is 13.4. The van der Waals surface area contributed by atoms with Crippen LogP contribution in [0.15, 0.2) is 23.0 Å². The lowest BCUT2D eigenvalue weighted by molar-refractivity contribution is -0.125. The Bertz CT molecular complexity index is 582. The smallest absolute Gasteiger partial charge is 0.417 e. The molecule has 1 N–H and O–H groups in total. The number of nitrogens with zero attached hydrogens (tertiary/aromatic N) is 1. The molecule has 0 aromatic heterocycles. The molecule has 0 aromatic rings. The molecule has 22 heavy (non-hydrogen) atoms. The highest BCUT2D eigenvalue weighted by atomic mass is 16.6. The number of aliphatic hydroxyl groups is 1. The summed E-state index contributed by atoms with van der Waals surface area (Å²) in [5.41, 5.74) is 2.26. The Morgan fingerprint density at radius 2 is 2.00 bits per heavy atom. The summed E-state index contributed by atoms with van der Waals surface area (Å²) in [5, 5.41) is 9.47. The van der Waals surface area contributed by atoms with Gasteiger partial charge in [-0.3, -0.25) is 4.79 Å². The van der Waals surface area contributed by atoms with Crippen molar-refractivity contribution in [2.75, 3.05) is 0 Å². The molecule has 3 aliphatic rings. The number of likely N-dealkylation sites (tertiary alicyclic amines) is 1. The summed E-state index contributed by atoms with van der Waals surface area (Å²) >= 11 is 0. The minimum absolute atomic E-state index is 0.104. The van der Waals surface area contributed by atoms with Gasteiger partial charge in [0.15, 0.2) is 0 Å². The molecule has 0 aromatic carbocycles. The van der Waals surface area contributed by atoms with Crippen molar-refractivity contribution in [3.8, 4) is 0 Å². The summed E-state index contributed by atoms with van der Waals surface area (Å²) in [6.07, 6.45) is 5.27. The fourth-order valence-electron chi connectivity index (χ4n) is 3.90. The molecule has 1 aliphatic heterocycles. The van der Waals surface area contributed by atoms with Gasteiger partial charge in [-0.05, 0) is 58.4 Å². The van der Waals surface area contributed by atoms with Crippen molar-refractivity contribution in [1.82, 2.24) is 4.90 Å². The van der Waals surface area contributed by atoms with Crippen LogP contribution in [0.25, 0.3) is 0 Å². The van der Waals surface area contributed by atoms with Crippen molar-refractivity contribution in [2.45, 2.75) is 64.5 Å². The SMILES string of the molecule is CC(C)(C)OC(=O)N1C(=O)/C(=C\O)[C@H]2CC3=C(CCCC3)[C@H]21. The van der Waals surface area contributed by atoms with Gasteiger partial charge in [-0.25, -0.2) is 9.69 Å². The van der Waals surface area contributed by atoms with Crippen LogP contribution in [0.4, 0.5) is 4.79 Å². The van der Waals surface area contributed by atoms with Crippen molar-refractivity contribution < 1.29 is 19.4 Å². The van der Waals surface area contributed by atoms with Gasteiger partial charge in [0.05, 0.1) is 17.9 Å². The van der Waals surface area contributed by atoms with Gasteiger partial charge in [-0.15, -0.1) is 0 Å². The topological polar surface area (TPSA) is 66.8 Å². The number of rotatable bonds is 0. The molecule has 0 bridgehead atoms. The first-order valence-electron chi connectivity index (χ1n) is 7.95. The van der Waals surface area contributed by atoms with Gasteiger partial charge in [0.25, 0.3) is 5.91 Å². The van der Waals surface area contributed by atoms with E-state index in [-0.39, 0.29) is 12.0 Å². The fourth-order valence-corrected chi connectivity index (χ4v) is 3.90. The zero-order chi connectivity index (χ0) is 16.1. The summed E-state index contributed by atoms with van der Waals surface area (Å²) in [5.74, 6) is -0.517. The van der Waals surface area contributed by atoms with Gasteiger partial charge >= 0.3 is 6.09 Å². The van der Waals surface area contributed by atoms with E-state index in [2.05, 4.69) is 0 Å². The van der Waals surface area contributed by atoms with Crippen LogP contribution in [0.3, 0.4) is 0 Å². The third-order valence-corrected chi connectivity index (χ3v) is 4.71. The average molecular weight is 305 g/mol. The predicted octanol–water partition coefficient (Wildman–Crippen LogP) is 3.46. The van der Waals surface area contributed by atoms with Gasteiger partial charge < -0.3 is 9.84 Å². The van der Waals surface area contributed by atoms with Gasteiger partial charge in [-0.1, -0.05) is 5.57 Å². The first-order valence-corrected chi connectivity index (χ1v) is 7.95. The van der Waals surface area contributed by atoms with Crippen molar-refractivity contribution in [1.29, 1.82) is 0 Å². The summed E-state index contributed by atoms with van der Waals surface area (Å²) in [4.78, 5) is 26.3. The number of imide groups is 1. The molecular weight excluding hydrogens is 282 g/mol. The van der Waals surface area contributed by atoms with Crippen molar-refractivity contribution in [3.05, 3.63) is 23.0 Å². The molecule has 0 unspecified atom stereocenters. The number of amides is 2. The Morgan fingerprint density at radius 1 is 1.32 bits per heavy atom. The third-order valence-electron chi connectivity index (χ3n) is 4.71. The Kier molecular flexibility index (Phi) is 3.54. The van der Waals surface area contributed by atoms with Crippen molar-refractivity contribution >= 4 is 12.0 Å². The monoisotopic (exact) mass is 305 g/mol. The molecule has 5 nitrogen and oxygen atoms in total. The Morgan fingerprint density at radius 3 is 2.64 bits per heavy atom. The largest absolute Gasteiger partial charge is 0.515 e. The molecule has 2 amide bonds. The summed E-state index contributed by atoms with van der Waals surface area (Å²) in [6.45, 7) is 5.35. The maximum atomic E-state index is 12.5. The number of hydrogen-bond donors (Lipinski definition) is 1. The number of ether oxygens (including phenoxy) is 1.